The molecule has 3 heterocycles. The molecular formula is C38H53N3O11. The van der Waals surface area contributed by atoms with Crippen molar-refractivity contribution in [1.82, 2.24) is 14.8 Å². The standard InChI is InChI=1S/C38H53N3O11/c1-20-18-21(2)38(47)24(9-10-25-28-29(30(25)38)31(42)22(3)33(28)52-34(43)26-8-7-11-39-26)19-27(48-6)35(44)51-32(20)23(4)50-37(46)36(45)49-17-16-41-14-12-40(5)13-15-41/h7-11,18,20,22-25,27-33,39,42,47H,12-17,19H2,1-6H3/b21-18+/t20-,22-,23-,24-,25?,27+,28+,29?,30?,31-,32+,33-,38+/m1/s1. The van der Waals surface area contributed by atoms with Crippen molar-refractivity contribution in [1.29, 1.82) is 0 Å². The molecule has 0 radical (unpaired) electrons. The van der Waals surface area contributed by atoms with Gasteiger partial charge in [-0.3, -0.25) is 4.90 Å². The third kappa shape index (κ3) is 7.07. The Bertz CT molecular complexity index is 1540. The van der Waals surface area contributed by atoms with Gasteiger partial charge in [-0.05, 0) is 56.9 Å². The number of H-pyrrole nitrogens is 1. The number of hydrogen-bond donors (Lipinski definition) is 3. The number of carbonyl (C=O) groups is 4. The zero-order valence-corrected chi connectivity index (χ0v) is 30.8. The van der Waals surface area contributed by atoms with Crippen LogP contribution in [0, 0.1) is 41.4 Å². The van der Waals surface area contributed by atoms with Gasteiger partial charge in [-0.2, -0.15) is 0 Å². The van der Waals surface area contributed by atoms with Crippen LogP contribution in [-0.4, -0.2) is 138 Å². The second-order valence-electron chi connectivity index (χ2n) is 15.3. The molecule has 1 aromatic rings. The Morgan fingerprint density at radius 3 is 2.52 bits per heavy atom. The zero-order chi connectivity index (χ0) is 37.5. The summed E-state index contributed by atoms with van der Waals surface area (Å²) >= 11 is 0. The number of esters is 4. The van der Waals surface area contributed by atoms with Crippen LogP contribution in [0.25, 0.3) is 0 Å². The minimum Gasteiger partial charge on any atom is -0.457 e. The van der Waals surface area contributed by atoms with E-state index in [4.69, 9.17) is 23.7 Å². The Kier molecular flexibility index (Phi) is 11.3. The average molecular weight is 728 g/mol. The molecule has 3 fully saturated rings. The molecule has 13 atom stereocenters. The van der Waals surface area contributed by atoms with E-state index in [9.17, 15) is 29.4 Å². The number of aromatic amines is 1. The molecule has 0 aromatic carbocycles. The zero-order valence-electron chi connectivity index (χ0n) is 30.8. The van der Waals surface area contributed by atoms with Crippen molar-refractivity contribution in [3.8, 4) is 0 Å². The Balaban J connectivity index is 1.19. The first-order valence-corrected chi connectivity index (χ1v) is 18.4. The molecule has 52 heavy (non-hydrogen) atoms. The van der Waals surface area contributed by atoms with E-state index in [-0.39, 0.29) is 36.7 Å². The molecule has 5 aliphatic rings. The summed E-state index contributed by atoms with van der Waals surface area (Å²) in [7, 11) is 3.44. The van der Waals surface area contributed by atoms with Crippen LogP contribution in [0.15, 0.2) is 42.1 Å². The van der Waals surface area contributed by atoms with Crippen LogP contribution in [0.2, 0.25) is 0 Å². The lowest BCUT2D eigenvalue weighted by Gasteiger charge is -2.61. The number of carbonyl (C=O) groups excluding carboxylic acids is 4. The van der Waals surface area contributed by atoms with Gasteiger partial charge in [0.25, 0.3) is 0 Å². The van der Waals surface area contributed by atoms with Gasteiger partial charge in [0.1, 0.15) is 30.6 Å². The summed E-state index contributed by atoms with van der Waals surface area (Å²) in [5, 5.41) is 24.5. The van der Waals surface area contributed by atoms with Crippen molar-refractivity contribution < 1.29 is 53.1 Å². The molecular weight excluding hydrogens is 674 g/mol. The van der Waals surface area contributed by atoms with E-state index in [0.717, 1.165) is 26.2 Å². The maximum Gasteiger partial charge on any atom is 0.417 e. The molecule has 286 valence electrons. The van der Waals surface area contributed by atoms with Crippen LogP contribution in [0.5, 0.6) is 0 Å². The van der Waals surface area contributed by atoms with Gasteiger partial charge in [0, 0.05) is 75.6 Å². The summed E-state index contributed by atoms with van der Waals surface area (Å²) in [6.45, 7) is 11.0. The van der Waals surface area contributed by atoms with E-state index < -0.39 is 77.8 Å². The predicted molar refractivity (Wildman–Crippen MR) is 185 cm³/mol. The number of likely N-dealkylation sites (N-methyl/N-ethyl adjacent to an activating group) is 1. The molecule has 1 saturated heterocycles. The first-order valence-electron chi connectivity index (χ1n) is 18.4. The Hall–Kier alpha value is -3.56. The van der Waals surface area contributed by atoms with E-state index in [2.05, 4.69) is 14.8 Å². The van der Waals surface area contributed by atoms with E-state index in [0.29, 0.717) is 17.8 Å². The molecule has 3 aliphatic carbocycles. The maximum absolute atomic E-state index is 13.6. The quantitative estimate of drug-likeness (QED) is 0.152. The number of rotatable bonds is 8. The topological polar surface area (TPSA) is 177 Å². The highest BCUT2D eigenvalue weighted by Crippen LogP contribution is 2.66. The summed E-state index contributed by atoms with van der Waals surface area (Å²) in [6, 6.07) is 3.35. The minimum atomic E-state index is -1.50. The second kappa shape index (κ2) is 15.4. The number of aliphatic hydroxyl groups is 2. The molecule has 2 saturated carbocycles. The fourth-order valence-electron chi connectivity index (χ4n) is 9.42. The number of hydrogen-bond acceptors (Lipinski definition) is 13. The fourth-order valence-corrected chi connectivity index (χ4v) is 9.42. The van der Waals surface area contributed by atoms with Crippen LogP contribution >= 0.6 is 0 Å². The van der Waals surface area contributed by atoms with Crippen molar-refractivity contribution in [2.75, 3.05) is 53.5 Å². The van der Waals surface area contributed by atoms with Crippen molar-refractivity contribution >= 4 is 23.9 Å². The van der Waals surface area contributed by atoms with Crippen LogP contribution in [0.1, 0.15) is 44.6 Å². The molecule has 14 heteroatoms. The Labute approximate surface area is 304 Å². The molecule has 3 N–H and O–H groups in total. The highest BCUT2D eigenvalue weighted by Gasteiger charge is 2.71. The van der Waals surface area contributed by atoms with Crippen LogP contribution in [0.4, 0.5) is 0 Å². The number of nitrogens with zero attached hydrogens (tertiary/aromatic N) is 2. The highest BCUT2D eigenvalue weighted by atomic mass is 16.6. The van der Waals surface area contributed by atoms with Crippen molar-refractivity contribution in [2.24, 2.45) is 41.4 Å². The number of aliphatic hydroxyl groups excluding tert-OH is 1. The van der Waals surface area contributed by atoms with Crippen molar-refractivity contribution in [3.05, 3.63) is 47.8 Å². The van der Waals surface area contributed by atoms with E-state index >= 15 is 0 Å². The van der Waals surface area contributed by atoms with Gasteiger partial charge in [0.2, 0.25) is 0 Å². The van der Waals surface area contributed by atoms with Gasteiger partial charge in [-0.15, -0.1) is 0 Å². The number of allylic oxidation sites excluding steroid dienone is 1. The lowest BCUT2D eigenvalue weighted by atomic mass is 9.46. The molecule has 2 aliphatic heterocycles. The highest BCUT2D eigenvalue weighted by molar-refractivity contribution is 6.29. The van der Waals surface area contributed by atoms with Crippen LogP contribution in [-0.2, 0) is 38.1 Å². The van der Waals surface area contributed by atoms with Gasteiger partial charge >= 0.3 is 23.9 Å². The number of cyclic esters (lactones) is 1. The van der Waals surface area contributed by atoms with Crippen molar-refractivity contribution in [2.45, 2.75) is 70.2 Å². The maximum atomic E-state index is 13.6. The second-order valence-corrected chi connectivity index (χ2v) is 15.3. The summed E-state index contributed by atoms with van der Waals surface area (Å²) < 4.78 is 28.2. The number of piperazine rings is 1. The van der Waals surface area contributed by atoms with Gasteiger partial charge in [-0.25, -0.2) is 19.2 Å². The molecule has 1 aromatic heterocycles. The van der Waals surface area contributed by atoms with E-state index in [1.54, 1.807) is 32.2 Å². The third-order valence-electron chi connectivity index (χ3n) is 12.3. The lowest BCUT2D eigenvalue weighted by Crippen LogP contribution is -2.65. The first-order chi connectivity index (χ1) is 24.8. The first kappa shape index (κ1) is 38.2. The Morgan fingerprint density at radius 1 is 1.12 bits per heavy atom. The monoisotopic (exact) mass is 727 g/mol. The van der Waals surface area contributed by atoms with E-state index in [1.807, 2.05) is 39.1 Å². The summed E-state index contributed by atoms with van der Waals surface area (Å²) in [5.41, 5.74) is -0.571. The minimum absolute atomic E-state index is 0.0416. The molecule has 14 nitrogen and oxygen atoms in total. The van der Waals surface area contributed by atoms with E-state index in [1.165, 1.54) is 7.11 Å². The summed E-state index contributed by atoms with van der Waals surface area (Å²) in [5.74, 6) is -6.28. The van der Waals surface area contributed by atoms with Gasteiger partial charge in [-0.1, -0.05) is 32.1 Å². The lowest BCUT2D eigenvalue weighted by molar-refractivity contribution is -0.190. The molecule has 0 amide bonds. The summed E-state index contributed by atoms with van der Waals surface area (Å²) in [6.07, 6.45) is 2.89. The van der Waals surface area contributed by atoms with Gasteiger partial charge in [0.05, 0.1) is 11.7 Å². The number of methoxy groups -OCH3 is 1. The van der Waals surface area contributed by atoms with Crippen molar-refractivity contribution in [3.63, 3.8) is 0 Å². The van der Waals surface area contributed by atoms with Crippen LogP contribution in [0.3, 0.4) is 0 Å². The number of nitrogens with one attached hydrogen (secondary N) is 1. The SMILES string of the molecule is CO[C@H]1C[C@H]2C=CC3C(C4[C@H]3[C@H](OC(=O)c3ccc[nH]3)[C@H](C)[C@H]4O)[C@]2(O)/C(C)=C/[C@@H](C)[C@@H]([C@@H](C)OC(=O)C(=O)OCCN2CCN(C)CC2)OC1=O. The smallest absolute Gasteiger partial charge is 0.417 e. The molecule has 3 unspecified atom stereocenters. The van der Waals surface area contributed by atoms with Crippen LogP contribution < -0.4 is 0 Å². The summed E-state index contributed by atoms with van der Waals surface area (Å²) in [4.78, 5) is 59.2. The van der Waals surface area contributed by atoms with Gasteiger partial charge < -0.3 is 43.8 Å². The third-order valence-corrected chi connectivity index (χ3v) is 12.3. The number of ether oxygens (including phenoxy) is 5. The average Bonchev–Trinajstić information content (AvgIpc) is 3.71. The normalized spacial score (nSPS) is 39.3. The fraction of sp³-hybridized carbons (Fsp3) is 0.684. The Morgan fingerprint density at radius 2 is 1.85 bits per heavy atom. The largest absolute Gasteiger partial charge is 0.457 e. The predicted octanol–water partition coefficient (Wildman–Crippen LogP) is 1.58. The molecule has 6 rings (SSSR count). The molecule has 0 spiro atoms. The molecule has 0 bridgehead atoms. The number of fused-ring (bicyclic) bond motifs is 6. The van der Waals surface area contributed by atoms with Gasteiger partial charge in [0.15, 0.2) is 6.10 Å². The number of aromatic nitrogens is 1.